The lowest BCUT2D eigenvalue weighted by Gasteiger charge is -2.07. The number of rotatable bonds is 4. The topological polar surface area (TPSA) is 50.1 Å². The third kappa shape index (κ3) is 4.68. The fourth-order valence-electron chi connectivity index (χ4n) is 2.71. The van der Waals surface area contributed by atoms with Gasteiger partial charge in [-0.1, -0.05) is 41.9 Å². The van der Waals surface area contributed by atoms with Crippen LogP contribution in [0.5, 0.6) is 5.75 Å². The molecule has 0 bridgehead atoms. The van der Waals surface area contributed by atoms with E-state index in [-0.39, 0.29) is 0 Å². The summed E-state index contributed by atoms with van der Waals surface area (Å²) >= 11 is 6.02. The maximum Gasteiger partial charge on any atom is 0.343 e. The lowest BCUT2D eigenvalue weighted by Crippen LogP contribution is -2.09. The molecule has 0 aliphatic carbocycles. The third-order valence-corrected chi connectivity index (χ3v) is 4.61. The number of esters is 1. The number of benzene rings is 3. The van der Waals surface area contributed by atoms with Crippen LogP contribution < -0.4 is 4.74 Å². The van der Waals surface area contributed by atoms with E-state index in [0.717, 1.165) is 22.3 Å². The Bertz CT molecular complexity index is 1110. The summed E-state index contributed by atoms with van der Waals surface area (Å²) in [5, 5.41) is 10.1. The number of nitriles is 1. The highest BCUT2D eigenvalue weighted by Gasteiger charge is 2.10. The van der Waals surface area contributed by atoms with E-state index in [9.17, 15) is 10.1 Å². The fourth-order valence-corrected chi connectivity index (χ4v) is 2.90. The van der Waals surface area contributed by atoms with Gasteiger partial charge < -0.3 is 4.74 Å². The number of aryl methyl sites for hydroxylation is 2. The van der Waals surface area contributed by atoms with Crippen LogP contribution in [0.15, 0.2) is 66.7 Å². The van der Waals surface area contributed by atoms with Gasteiger partial charge in [0.1, 0.15) is 5.75 Å². The molecule has 28 heavy (non-hydrogen) atoms. The minimum atomic E-state index is -0.417. The Kier molecular flexibility index (Phi) is 5.93. The zero-order chi connectivity index (χ0) is 20.1. The van der Waals surface area contributed by atoms with Crippen molar-refractivity contribution in [2.24, 2.45) is 0 Å². The molecular weight excluding hydrogens is 370 g/mol. The van der Waals surface area contributed by atoms with Crippen LogP contribution in [0.2, 0.25) is 5.02 Å². The molecule has 0 atom stereocenters. The number of nitrogens with zero attached hydrogens (tertiary/aromatic N) is 1. The van der Waals surface area contributed by atoms with Crippen LogP contribution in [-0.2, 0) is 0 Å². The van der Waals surface area contributed by atoms with Gasteiger partial charge in [-0.05, 0) is 78.6 Å². The first-order chi connectivity index (χ1) is 13.5. The number of ether oxygens (including phenoxy) is 1. The van der Waals surface area contributed by atoms with E-state index in [1.807, 2.05) is 38.1 Å². The monoisotopic (exact) mass is 387 g/mol. The number of allylic oxidation sites excluding steroid dienone is 1. The summed E-state index contributed by atoms with van der Waals surface area (Å²) in [7, 11) is 0. The maximum atomic E-state index is 12.4. The van der Waals surface area contributed by atoms with Gasteiger partial charge in [0, 0.05) is 5.02 Å². The number of hydrogen-bond donors (Lipinski definition) is 0. The molecule has 0 heterocycles. The van der Waals surface area contributed by atoms with Crippen LogP contribution in [0.1, 0.15) is 32.6 Å². The van der Waals surface area contributed by atoms with E-state index in [4.69, 9.17) is 16.3 Å². The van der Waals surface area contributed by atoms with Crippen LogP contribution in [-0.4, -0.2) is 5.97 Å². The van der Waals surface area contributed by atoms with Crippen molar-refractivity contribution >= 4 is 29.2 Å². The molecule has 0 amide bonds. The second kappa shape index (κ2) is 8.56. The number of carbonyl (C=O) groups is 1. The molecule has 3 rings (SSSR count). The highest BCUT2D eigenvalue weighted by Crippen LogP contribution is 2.23. The summed E-state index contributed by atoms with van der Waals surface area (Å²) < 4.78 is 5.50. The Morgan fingerprint density at radius 1 is 0.964 bits per heavy atom. The molecule has 3 nitrogen and oxygen atoms in total. The molecular formula is C24H18ClNO2. The first-order valence-electron chi connectivity index (χ1n) is 8.73. The van der Waals surface area contributed by atoms with Gasteiger partial charge in [-0.15, -0.1) is 0 Å². The minimum absolute atomic E-state index is 0.417. The second-order valence-corrected chi connectivity index (χ2v) is 6.88. The summed E-state index contributed by atoms with van der Waals surface area (Å²) in [5.41, 5.74) is 4.61. The van der Waals surface area contributed by atoms with Crippen molar-refractivity contribution < 1.29 is 9.53 Å². The largest absolute Gasteiger partial charge is 0.423 e. The van der Waals surface area contributed by atoms with E-state index < -0.39 is 5.97 Å². The van der Waals surface area contributed by atoms with Gasteiger partial charge in [-0.3, -0.25) is 0 Å². The van der Waals surface area contributed by atoms with Gasteiger partial charge in [0.05, 0.1) is 17.2 Å². The Morgan fingerprint density at radius 2 is 1.75 bits per heavy atom. The zero-order valence-corrected chi connectivity index (χ0v) is 16.3. The Morgan fingerprint density at radius 3 is 2.46 bits per heavy atom. The summed E-state index contributed by atoms with van der Waals surface area (Å²) in [6.07, 6.45) is 1.74. The minimum Gasteiger partial charge on any atom is -0.423 e. The number of carbonyl (C=O) groups excluding carboxylic acids is 1. The van der Waals surface area contributed by atoms with E-state index in [0.29, 0.717) is 21.9 Å². The summed E-state index contributed by atoms with van der Waals surface area (Å²) in [6.45, 7) is 3.95. The zero-order valence-electron chi connectivity index (χ0n) is 15.6. The summed E-state index contributed by atoms with van der Waals surface area (Å²) in [5.74, 6) is -0.0000561. The molecule has 0 saturated carbocycles. The van der Waals surface area contributed by atoms with E-state index in [1.54, 1.807) is 48.5 Å². The first-order valence-corrected chi connectivity index (χ1v) is 9.11. The Labute approximate surface area is 169 Å². The van der Waals surface area contributed by atoms with Gasteiger partial charge in [0.2, 0.25) is 0 Å². The van der Waals surface area contributed by atoms with Crippen molar-refractivity contribution in [3.8, 4) is 11.8 Å². The lowest BCUT2D eigenvalue weighted by molar-refractivity contribution is 0.0734. The van der Waals surface area contributed by atoms with Crippen LogP contribution in [0.3, 0.4) is 0 Å². The van der Waals surface area contributed by atoms with Gasteiger partial charge in [-0.25, -0.2) is 4.79 Å². The average Bonchev–Trinajstić information content (AvgIpc) is 2.68. The molecule has 0 aliphatic rings. The lowest BCUT2D eigenvalue weighted by atomic mass is 10.0. The van der Waals surface area contributed by atoms with E-state index >= 15 is 0 Å². The SMILES string of the molecule is Cc1ccc(C(=O)Oc2cccc(/C=C(/C#N)c3cccc(Cl)c3)c2)cc1C. The Balaban J connectivity index is 1.84. The molecule has 0 spiro atoms. The molecule has 3 aromatic carbocycles. The van der Waals surface area contributed by atoms with Crippen LogP contribution in [0.4, 0.5) is 0 Å². The fraction of sp³-hybridized carbons (Fsp3) is 0.0833. The van der Waals surface area contributed by atoms with E-state index in [1.165, 1.54) is 0 Å². The third-order valence-electron chi connectivity index (χ3n) is 4.38. The highest BCUT2D eigenvalue weighted by atomic mass is 35.5. The molecule has 0 fully saturated rings. The van der Waals surface area contributed by atoms with Crippen molar-refractivity contribution in [2.75, 3.05) is 0 Å². The second-order valence-electron chi connectivity index (χ2n) is 6.44. The predicted molar refractivity (Wildman–Crippen MR) is 112 cm³/mol. The van der Waals surface area contributed by atoms with Crippen LogP contribution in [0.25, 0.3) is 11.6 Å². The van der Waals surface area contributed by atoms with E-state index in [2.05, 4.69) is 6.07 Å². The summed E-state index contributed by atoms with van der Waals surface area (Å²) in [6, 6.07) is 21.8. The van der Waals surface area contributed by atoms with Crippen LogP contribution >= 0.6 is 11.6 Å². The maximum absolute atomic E-state index is 12.4. The molecule has 0 aromatic heterocycles. The molecule has 0 N–H and O–H groups in total. The molecule has 4 heteroatoms. The molecule has 0 unspecified atom stereocenters. The van der Waals surface area contributed by atoms with Gasteiger partial charge >= 0.3 is 5.97 Å². The smallest absolute Gasteiger partial charge is 0.343 e. The standard InChI is InChI=1S/C24H18ClNO2/c1-16-9-10-20(11-17(16)2)24(27)28-23-8-3-5-18(13-23)12-21(15-26)19-6-4-7-22(25)14-19/h3-14H,1-2H3/b21-12-. The highest BCUT2D eigenvalue weighted by molar-refractivity contribution is 6.30. The molecule has 0 radical (unpaired) electrons. The average molecular weight is 388 g/mol. The van der Waals surface area contributed by atoms with Crippen molar-refractivity contribution in [2.45, 2.75) is 13.8 Å². The first kappa shape index (κ1) is 19.4. The summed E-state index contributed by atoms with van der Waals surface area (Å²) in [4.78, 5) is 12.4. The van der Waals surface area contributed by atoms with Crippen molar-refractivity contribution in [3.63, 3.8) is 0 Å². The normalized spacial score (nSPS) is 11.0. The predicted octanol–water partition coefficient (Wildman–Crippen LogP) is 6.24. The van der Waals surface area contributed by atoms with Crippen molar-refractivity contribution in [1.29, 1.82) is 5.26 Å². The Hall–Kier alpha value is -3.35. The molecule has 0 aliphatic heterocycles. The quantitative estimate of drug-likeness (QED) is 0.230. The molecule has 0 saturated heterocycles. The van der Waals surface area contributed by atoms with Crippen molar-refractivity contribution in [1.82, 2.24) is 0 Å². The van der Waals surface area contributed by atoms with Crippen LogP contribution in [0, 0.1) is 25.2 Å². The molecule has 138 valence electrons. The van der Waals surface area contributed by atoms with Gasteiger partial charge in [0.25, 0.3) is 0 Å². The number of halogens is 1. The molecule has 3 aromatic rings. The van der Waals surface area contributed by atoms with Crippen molar-refractivity contribution in [3.05, 3.63) is 99.6 Å². The van der Waals surface area contributed by atoms with Gasteiger partial charge in [-0.2, -0.15) is 5.26 Å². The van der Waals surface area contributed by atoms with Gasteiger partial charge in [0.15, 0.2) is 0 Å². The number of hydrogen-bond acceptors (Lipinski definition) is 3.